The Hall–Kier alpha value is -1.67. The molecule has 0 radical (unpaired) electrons. The molecule has 0 saturated heterocycles. The van der Waals surface area contributed by atoms with Gasteiger partial charge < -0.3 is 10.2 Å². The van der Waals surface area contributed by atoms with E-state index in [-0.39, 0.29) is 48.3 Å². The van der Waals surface area contributed by atoms with Crippen molar-refractivity contribution in [2.24, 2.45) is 0 Å². The molecule has 0 aromatic heterocycles. The monoisotopic (exact) mass is 492 g/mol. The highest BCUT2D eigenvalue weighted by Crippen LogP contribution is 2.50. The lowest BCUT2D eigenvalue weighted by atomic mass is 9.83. The number of phenolic OH excluding ortho intramolecular Hbond substituents is 2. The van der Waals surface area contributed by atoms with Gasteiger partial charge in [-0.25, -0.2) is 0 Å². The summed E-state index contributed by atoms with van der Waals surface area (Å²) in [6.07, 6.45) is 0. The molecule has 3 rings (SSSR count). The highest BCUT2D eigenvalue weighted by molar-refractivity contribution is 7.87. The summed E-state index contributed by atoms with van der Waals surface area (Å²) in [6.45, 7) is 0. The summed E-state index contributed by atoms with van der Waals surface area (Å²) >= 11 is 24.6. The van der Waals surface area contributed by atoms with Crippen LogP contribution in [0.15, 0.2) is 54.6 Å². The number of halogens is 4. The summed E-state index contributed by atoms with van der Waals surface area (Å²) in [7, 11) is -5.05. The summed E-state index contributed by atoms with van der Waals surface area (Å²) < 4.78 is 34.0. The molecule has 0 heterocycles. The van der Waals surface area contributed by atoms with Crippen LogP contribution in [0.1, 0.15) is 16.7 Å². The predicted octanol–water partition coefficient (Wildman–Crippen LogP) is 5.89. The van der Waals surface area contributed by atoms with Gasteiger partial charge in [0.15, 0.2) is 4.75 Å². The van der Waals surface area contributed by atoms with Crippen molar-refractivity contribution in [1.29, 1.82) is 0 Å². The van der Waals surface area contributed by atoms with E-state index in [0.717, 1.165) is 18.2 Å². The van der Waals surface area contributed by atoms with Crippen molar-refractivity contribution in [1.82, 2.24) is 0 Å². The number of hydrogen-bond donors (Lipinski definition) is 3. The van der Waals surface area contributed by atoms with Crippen molar-refractivity contribution in [2.45, 2.75) is 4.75 Å². The minimum Gasteiger partial charge on any atom is -0.508 e. The molecule has 0 bridgehead atoms. The van der Waals surface area contributed by atoms with Crippen LogP contribution < -0.4 is 0 Å². The van der Waals surface area contributed by atoms with E-state index in [9.17, 15) is 23.2 Å². The summed E-state index contributed by atoms with van der Waals surface area (Å²) in [5, 5.41) is 19.6. The average Bonchev–Trinajstić information content (AvgIpc) is 2.60. The van der Waals surface area contributed by atoms with Crippen molar-refractivity contribution in [3.05, 3.63) is 91.4 Å². The van der Waals surface area contributed by atoms with Gasteiger partial charge in [0.2, 0.25) is 0 Å². The molecule has 0 spiro atoms. The van der Waals surface area contributed by atoms with Crippen LogP contribution >= 0.6 is 46.4 Å². The van der Waals surface area contributed by atoms with Gasteiger partial charge in [-0.05, 0) is 35.9 Å². The fraction of sp³-hybridized carbons (Fsp3) is 0.0526. The molecule has 1 atom stereocenters. The topological polar surface area (TPSA) is 94.8 Å². The second-order valence-electron chi connectivity index (χ2n) is 6.11. The van der Waals surface area contributed by atoms with E-state index in [1.807, 2.05) is 0 Å². The Morgan fingerprint density at radius 3 is 2.00 bits per heavy atom. The third kappa shape index (κ3) is 3.77. The Balaban J connectivity index is 2.61. The number of benzene rings is 3. The van der Waals surface area contributed by atoms with Gasteiger partial charge >= 0.3 is 0 Å². The molecule has 29 heavy (non-hydrogen) atoms. The molecule has 3 aromatic rings. The lowest BCUT2D eigenvalue weighted by Gasteiger charge is -2.34. The zero-order valence-corrected chi connectivity index (χ0v) is 18.1. The van der Waals surface area contributed by atoms with Crippen LogP contribution in [0.4, 0.5) is 0 Å². The smallest absolute Gasteiger partial charge is 0.283 e. The van der Waals surface area contributed by atoms with Crippen molar-refractivity contribution < 1.29 is 23.2 Å². The zero-order chi connectivity index (χ0) is 21.6. The van der Waals surface area contributed by atoms with Gasteiger partial charge in [-0.2, -0.15) is 8.42 Å². The third-order valence-corrected chi connectivity index (χ3v) is 6.98. The predicted molar refractivity (Wildman–Crippen MR) is 114 cm³/mol. The molecule has 0 fully saturated rings. The van der Waals surface area contributed by atoms with E-state index in [4.69, 9.17) is 46.4 Å². The maximum atomic E-state index is 13.0. The summed E-state index contributed by atoms with van der Waals surface area (Å²) in [5.74, 6) is -0.649. The van der Waals surface area contributed by atoms with E-state index in [0.29, 0.717) is 0 Å². The van der Waals surface area contributed by atoms with Gasteiger partial charge in [0, 0.05) is 32.3 Å². The van der Waals surface area contributed by atoms with Crippen molar-refractivity contribution in [3.8, 4) is 11.5 Å². The van der Waals surface area contributed by atoms with E-state index >= 15 is 0 Å². The first-order valence-corrected chi connectivity index (χ1v) is 10.8. The molecule has 0 saturated carbocycles. The van der Waals surface area contributed by atoms with E-state index in [1.54, 1.807) is 0 Å². The number of hydrogen-bond acceptors (Lipinski definition) is 4. The molecule has 3 aromatic carbocycles. The largest absolute Gasteiger partial charge is 0.508 e. The third-order valence-electron chi connectivity index (χ3n) is 4.37. The molecular formula is C19H12Cl4O5S. The first kappa shape index (κ1) is 22.0. The van der Waals surface area contributed by atoms with E-state index in [1.165, 1.54) is 36.4 Å². The molecule has 3 N–H and O–H groups in total. The SMILES string of the molecule is O=S(=O)(O)C(c1cccc(O)c1)(c1ccc(Cl)cc1Cl)c1cc(Cl)c(O)cc1Cl. The first-order chi connectivity index (χ1) is 13.5. The van der Waals surface area contributed by atoms with Crippen LogP contribution in [0.3, 0.4) is 0 Å². The van der Waals surface area contributed by atoms with Gasteiger partial charge in [-0.1, -0.05) is 64.6 Å². The number of rotatable bonds is 4. The fourth-order valence-corrected chi connectivity index (χ4v) is 5.64. The normalized spacial score (nSPS) is 13.8. The van der Waals surface area contributed by atoms with Gasteiger partial charge in [0.25, 0.3) is 10.1 Å². The molecule has 0 aliphatic rings. The van der Waals surface area contributed by atoms with Crippen LogP contribution in [-0.2, 0) is 14.9 Å². The quantitative estimate of drug-likeness (QED) is 0.311. The lowest BCUT2D eigenvalue weighted by molar-refractivity contribution is 0.455. The fourth-order valence-electron chi connectivity index (χ4n) is 3.19. The molecule has 0 amide bonds. The molecule has 0 aliphatic carbocycles. The highest BCUT2D eigenvalue weighted by Gasteiger charge is 2.51. The zero-order valence-electron chi connectivity index (χ0n) is 14.3. The van der Waals surface area contributed by atoms with Crippen LogP contribution in [0.2, 0.25) is 20.1 Å². The second-order valence-corrected chi connectivity index (χ2v) is 9.33. The Morgan fingerprint density at radius 2 is 1.41 bits per heavy atom. The number of aromatic hydroxyl groups is 2. The van der Waals surface area contributed by atoms with E-state index in [2.05, 4.69) is 0 Å². The number of phenols is 2. The average molecular weight is 494 g/mol. The lowest BCUT2D eigenvalue weighted by Crippen LogP contribution is -2.38. The van der Waals surface area contributed by atoms with Crippen molar-refractivity contribution in [2.75, 3.05) is 0 Å². The molecule has 0 aliphatic heterocycles. The Bertz CT molecular complexity index is 1210. The van der Waals surface area contributed by atoms with Crippen LogP contribution in [-0.4, -0.2) is 23.2 Å². The summed E-state index contributed by atoms with van der Waals surface area (Å²) in [4.78, 5) is 0. The molecule has 1 unspecified atom stereocenters. The summed E-state index contributed by atoms with van der Waals surface area (Å²) in [6, 6.07) is 11.4. The molecular weight excluding hydrogens is 482 g/mol. The summed E-state index contributed by atoms with van der Waals surface area (Å²) in [5.41, 5.74) is -0.326. The molecule has 152 valence electrons. The van der Waals surface area contributed by atoms with Crippen LogP contribution in [0.5, 0.6) is 11.5 Å². The maximum Gasteiger partial charge on any atom is 0.283 e. The highest BCUT2D eigenvalue weighted by atomic mass is 35.5. The Labute approximate surface area is 186 Å². The standard InChI is InChI=1S/C19H12Cl4O5S/c20-11-4-5-13(15(21)7-11)19(29(26,27)28,10-2-1-3-12(24)6-10)14-8-17(23)18(25)9-16(14)22/h1-9,24-25H,(H,26,27,28). The minimum atomic E-state index is -5.05. The van der Waals surface area contributed by atoms with Crippen molar-refractivity contribution >= 4 is 56.5 Å². The molecule has 10 heteroatoms. The Kier molecular flexibility index (Phi) is 5.98. The van der Waals surface area contributed by atoms with Gasteiger partial charge in [0.05, 0.1) is 5.02 Å². The van der Waals surface area contributed by atoms with Gasteiger partial charge in [-0.15, -0.1) is 0 Å². The van der Waals surface area contributed by atoms with Crippen LogP contribution in [0, 0.1) is 0 Å². The van der Waals surface area contributed by atoms with Crippen molar-refractivity contribution in [3.63, 3.8) is 0 Å². The Morgan fingerprint density at radius 1 is 0.759 bits per heavy atom. The van der Waals surface area contributed by atoms with Gasteiger partial charge in [-0.3, -0.25) is 4.55 Å². The minimum absolute atomic E-state index is 0.0621. The van der Waals surface area contributed by atoms with E-state index < -0.39 is 14.9 Å². The second kappa shape index (κ2) is 7.87. The first-order valence-electron chi connectivity index (χ1n) is 7.89. The van der Waals surface area contributed by atoms with Crippen LogP contribution in [0.25, 0.3) is 0 Å². The molecule has 5 nitrogen and oxygen atoms in total. The maximum absolute atomic E-state index is 13.0. The van der Waals surface area contributed by atoms with Gasteiger partial charge in [0.1, 0.15) is 11.5 Å².